The van der Waals surface area contributed by atoms with Crippen LogP contribution in [0.5, 0.6) is 0 Å². The van der Waals surface area contributed by atoms with Gasteiger partial charge in [0.2, 0.25) is 0 Å². The van der Waals surface area contributed by atoms with Gasteiger partial charge >= 0.3 is 31.3 Å². The molecular weight excluding hydrogens is 1240 g/mol. The SMILES string of the molecule is C#CCO[C@H]1C(I)[C@@H](COP(=O)(O)OC2[C@@H](COP(=O)(O)OC3[C@@H](CO)O[C@@H](C)[C@H]3C)O[C@@H](C)[C@H]2C)O[C@H]1C.C#CCO[C@H]1C(OP(=O)(O)OC[C@H]2O[C@@H](C)[C@@H](C)C2O)[C@@H](COP(=O)(O)OC2[C@@H](CO)O[C@@H](C)[C@H]2C)O[C@H]1C. The molecule has 0 aliphatic carbocycles. The summed E-state index contributed by atoms with van der Waals surface area (Å²) in [5, 5.41) is 29.3. The maximum atomic E-state index is 12.9. The van der Waals surface area contributed by atoms with Gasteiger partial charge in [0.15, 0.2) is 0 Å². The average Bonchev–Trinajstić information content (AvgIpc) is 4.14. The van der Waals surface area contributed by atoms with Crippen molar-refractivity contribution in [2.75, 3.05) is 52.9 Å². The van der Waals surface area contributed by atoms with E-state index in [9.17, 15) is 53.2 Å². The number of aliphatic hydroxyl groups excluding tert-OH is 3. The van der Waals surface area contributed by atoms with Crippen molar-refractivity contribution in [1.29, 1.82) is 0 Å². The molecule has 0 aromatic rings. The number of aliphatic hydroxyl groups is 3. The van der Waals surface area contributed by atoms with E-state index in [1.54, 1.807) is 62.3 Å². The first-order chi connectivity index (χ1) is 36.4. The highest BCUT2D eigenvalue weighted by molar-refractivity contribution is 14.1. The Labute approximate surface area is 469 Å². The van der Waals surface area contributed by atoms with Crippen molar-refractivity contribution in [2.24, 2.45) is 23.7 Å². The van der Waals surface area contributed by atoms with Crippen molar-refractivity contribution in [3.05, 3.63) is 0 Å². The smallest absolute Gasteiger partial charge is 0.394 e. The van der Waals surface area contributed by atoms with E-state index in [4.69, 9.17) is 86.9 Å². The molecule has 6 aliphatic rings. The number of halogens is 1. The normalized spacial score (nSPS) is 43.7. The molecule has 0 radical (unpaired) electrons. The van der Waals surface area contributed by atoms with Crippen molar-refractivity contribution in [1.82, 2.24) is 0 Å². The molecule has 0 saturated carbocycles. The first kappa shape index (κ1) is 68.6. The maximum absolute atomic E-state index is 12.9. The van der Waals surface area contributed by atoms with Crippen LogP contribution >= 0.6 is 53.9 Å². The zero-order valence-electron chi connectivity index (χ0n) is 45.1. The Morgan fingerprint density at radius 2 is 0.718 bits per heavy atom. The standard InChI is InChI=1S/C23H39IO13P2.C23H40O14P2/c1-7-8-30-23-16(6)35-18(20(23)24)10-31-38(26,27)37-22-13(3)15(5)34-19(22)11-32-39(28,29)36-21-12(2)14(4)33-17(21)9-25;1-7-8-30-22-16(6)35-19(11-32-38(26,27)36-21-13(3)15(5)33-17(21)9-24)23(22)37-39(28,29)31-10-18-20(25)12(2)14(4)34-18/h1,12-23,25H,8-11H2,2-6H3,(H,26,27)(H,28,29);1,12-25H,8-11H2,2-6H3,(H,26,27)(H,28,29)/t12-,13-,14+,15+,16+,17-,18-,19-,20?,21?,22?,23-;12-,13-,14+,15+,16+,17-,18-,19-,20?,21?,22-,23?/m11/s1. The van der Waals surface area contributed by atoms with E-state index < -0.39 is 143 Å². The molecule has 6 aliphatic heterocycles. The molecule has 0 aromatic carbocycles. The lowest BCUT2D eigenvalue weighted by Crippen LogP contribution is -2.38. The van der Waals surface area contributed by atoms with Crippen LogP contribution in [0.2, 0.25) is 0 Å². The number of alkyl halides is 1. The number of rotatable bonds is 26. The van der Waals surface area contributed by atoms with Gasteiger partial charge in [-0.15, -0.1) is 12.8 Å². The highest BCUT2D eigenvalue weighted by Crippen LogP contribution is 2.54. The summed E-state index contributed by atoms with van der Waals surface area (Å²) in [4.78, 5) is 41.6. The average molecular weight is 1310 g/mol. The highest BCUT2D eigenvalue weighted by Gasteiger charge is 2.52. The van der Waals surface area contributed by atoms with Crippen molar-refractivity contribution >= 4 is 53.9 Å². The van der Waals surface area contributed by atoms with Crippen LogP contribution < -0.4 is 0 Å². The molecule has 78 heavy (non-hydrogen) atoms. The number of terminal acetylenes is 2. The minimum Gasteiger partial charge on any atom is -0.394 e. The largest absolute Gasteiger partial charge is 0.472 e. The Morgan fingerprint density at radius 3 is 1.12 bits per heavy atom. The summed E-state index contributed by atoms with van der Waals surface area (Å²) in [6, 6.07) is 0. The second-order valence-electron chi connectivity index (χ2n) is 20.3. The maximum Gasteiger partial charge on any atom is 0.472 e. The molecule has 0 amide bonds. The van der Waals surface area contributed by atoms with E-state index in [0.717, 1.165) is 0 Å². The predicted octanol–water partition coefficient (Wildman–Crippen LogP) is 3.44. The Balaban J connectivity index is 0.000000287. The van der Waals surface area contributed by atoms with E-state index in [2.05, 4.69) is 34.4 Å². The van der Waals surface area contributed by atoms with Gasteiger partial charge in [-0.3, -0.25) is 36.2 Å². The number of phosphoric acid groups is 4. The molecule has 0 bridgehead atoms. The Bertz CT molecular complexity index is 2190. The first-order valence-electron chi connectivity index (χ1n) is 25.6. The third-order valence-electron chi connectivity index (χ3n) is 14.9. The van der Waals surface area contributed by atoms with Gasteiger partial charge in [-0.2, -0.15) is 0 Å². The summed E-state index contributed by atoms with van der Waals surface area (Å²) in [6.07, 6.45) is -3.02. The van der Waals surface area contributed by atoms with Gasteiger partial charge in [0.05, 0.1) is 98.5 Å². The minimum atomic E-state index is -4.77. The fourth-order valence-corrected chi connectivity index (χ4v) is 15.0. The van der Waals surface area contributed by atoms with Gasteiger partial charge in [0.1, 0.15) is 74.3 Å². The third kappa shape index (κ3) is 18.4. The summed E-state index contributed by atoms with van der Waals surface area (Å²) in [6.45, 7) is 15.0. The van der Waals surface area contributed by atoms with E-state index in [1.165, 1.54) is 0 Å². The van der Waals surface area contributed by atoms with Crippen LogP contribution in [0.1, 0.15) is 69.2 Å². The Morgan fingerprint density at radius 1 is 0.423 bits per heavy atom. The summed E-state index contributed by atoms with van der Waals surface area (Å²) >= 11 is 2.13. The van der Waals surface area contributed by atoms with Gasteiger partial charge < -0.3 is 72.8 Å². The molecule has 27 nitrogen and oxygen atoms in total. The van der Waals surface area contributed by atoms with E-state index >= 15 is 0 Å². The Hall–Kier alpha value is -0.150. The summed E-state index contributed by atoms with van der Waals surface area (Å²) in [7, 11) is -18.7. The second-order valence-corrected chi connectivity index (χ2v) is 27.4. The molecular formula is C46H79IO27P4. The van der Waals surface area contributed by atoms with Crippen LogP contribution in [0.25, 0.3) is 0 Å². The van der Waals surface area contributed by atoms with Crippen LogP contribution in [-0.2, 0) is 92.3 Å². The number of ether oxygens (including phenoxy) is 8. The van der Waals surface area contributed by atoms with E-state index in [0.29, 0.717) is 0 Å². The number of hydrogen-bond donors (Lipinski definition) is 7. The van der Waals surface area contributed by atoms with Gasteiger partial charge in [0, 0.05) is 23.7 Å². The molecule has 6 rings (SSSR count). The predicted molar refractivity (Wildman–Crippen MR) is 280 cm³/mol. The zero-order chi connectivity index (χ0) is 58.2. The lowest BCUT2D eigenvalue weighted by atomic mass is 10.00. The summed E-state index contributed by atoms with van der Waals surface area (Å²) in [5.74, 6) is 3.56. The third-order valence-corrected chi connectivity index (χ3v) is 20.3. The van der Waals surface area contributed by atoms with Crippen molar-refractivity contribution in [3.8, 4) is 24.7 Å². The molecule has 32 heteroatoms. The van der Waals surface area contributed by atoms with E-state index in [1.807, 2.05) is 6.92 Å². The summed E-state index contributed by atoms with van der Waals surface area (Å²) < 4.78 is 138. The van der Waals surface area contributed by atoms with Crippen LogP contribution in [0, 0.1) is 48.4 Å². The highest BCUT2D eigenvalue weighted by atomic mass is 127. The van der Waals surface area contributed by atoms with Crippen LogP contribution in [0.3, 0.4) is 0 Å². The van der Waals surface area contributed by atoms with Crippen molar-refractivity contribution in [3.63, 3.8) is 0 Å². The topological polar surface area (TPSA) is 358 Å². The molecule has 6 fully saturated rings. The lowest BCUT2D eigenvalue weighted by molar-refractivity contribution is -0.0456. The molecule has 6 heterocycles. The number of phosphoric ester groups is 4. The molecule has 0 spiro atoms. The quantitative estimate of drug-likeness (QED) is 0.0282. The van der Waals surface area contributed by atoms with Crippen LogP contribution in [-0.4, -0.2) is 208 Å². The lowest BCUT2D eigenvalue weighted by Gasteiger charge is -2.27. The monoisotopic (exact) mass is 1310 g/mol. The van der Waals surface area contributed by atoms with Crippen molar-refractivity contribution in [2.45, 2.75) is 189 Å². The second kappa shape index (κ2) is 29.8. The molecule has 0 aromatic heterocycles. The van der Waals surface area contributed by atoms with Gasteiger partial charge in [0.25, 0.3) is 0 Å². The first-order valence-corrected chi connectivity index (χ1v) is 32.8. The molecule has 28 atom stereocenters. The molecule has 7 N–H and O–H groups in total. The van der Waals surface area contributed by atoms with Gasteiger partial charge in [-0.25, -0.2) is 18.3 Å². The van der Waals surface area contributed by atoms with Gasteiger partial charge in [-0.05, 0) is 41.5 Å². The zero-order valence-corrected chi connectivity index (χ0v) is 50.9. The van der Waals surface area contributed by atoms with Gasteiger partial charge in [-0.1, -0.05) is 62.1 Å². The molecule has 452 valence electrons. The van der Waals surface area contributed by atoms with Crippen LogP contribution in [0.15, 0.2) is 0 Å². The molecule has 6 saturated heterocycles. The molecule has 10 unspecified atom stereocenters. The summed E-state index contributed by atoms with van der Waals surface area (Å²) in [5.41, 5.74) is 0. The fraction of sp³-hybridized carbons (Fsp3) is 0.913. The Kier molecular flexibility index (Phi) is 26.2. The fourth-order valence-electron chi connectivity index (χ4n) is 9.76. The van der Waals surface area contributed by atoms with Crippen molar-refractivity contribution < 1.29 is 127 Å². The van der Waals surface area contributed by atoms with Crippen LogP contribution in [0.4, 0.5) is 0 Å². The minimum absolute atomic E-state index is 0.120. The number of hydrogen-bond acceptors (Lipinski definition) is 23. The van der Waals surface area contributed by atoms with E-state index in [-0.39, 0.29) is 84.5 Å².